The molecular weight excluding hydrogens is 399 g/mol. The Bertz CT molecular complexity index is 1210. The molecule has 1 saturated heterocycles. The fourth-order valence-electron chi connectivity index (χ4n) is 4.13. The van der Waals surface area contributed by atoms with Gasteiger partial charge in [0.05, 0.1) is 6.54 Å². The van der Waals surface area contributed by atoms with E-state index in [2.05, 4.69) is 15.6 Å². The fourth-order valence-corrected chi connectivity index (χ4v) is 4.13. The Morgan fingerprint density at radius 3 is 2.52 bits per heavy atom. The molecule has 154 valence electrons. The van der Waals surface area contributed by atoms with Gasteiger partial charge in [0, 0.05) is 24.5 Å². The summed E-state index contributed by atoms with van der Waals surface area (Å²) in [6.45, 7) is 0.152. The van der Waals surface area contributed by atoms with Crippen LogP contribution in [-0.2, 0) is 16.9 Å². The van der Waals surface area contributed by atoms with Crippen LogP contribution in [0, 0.1) is 5.82 Å². The van der Waals surface area contributed by atoms with Crippen LogP contribution < -0.4 is 10.6 Å². The molecule has 3 aromatic rings. The summed E-state index contributed by atoms with van der Waals surface area (Å²) in [5, 5.41) is 4.97. The van der Waals surface area contributed by atoms with Crippen molar-refractivity contribution < 1.29 is 18.8 Å². The van der Waals surface area contributed by atoms with Crippen LogP contribution >= 0.6 is 0 Å². The molecule has 1 aromatic heterocycles. The van der Waals surface area contributed by atoms with Crippen molar-refractivity contribution in [3.63, 3.8) is 0 Å². The highest BCUT2D eigenvalue weighted by Crippen LogP contribution is 2.32. The second kappa shape index (κ2) is 7.02. The molecule has 7 nitrogen and oxygen atoms in total. The number of amides is 4. The number of rotatable bonds is 4. The maximum Gasteiger partial charge on any atom is 0.322 e. The van der Waals surface area contributed by atoms with E-state index in [9.17, 15) is 18.8 Å². The van der Waals surface area contributed by atoms with Gasteiger partial charge < -0.3 is 10.2 Å². The topological polar surface area (TPSA) is 91.4 Å². The standard InChI is InChI=1S/C23H17FN4O3/c24-18-8-5-16-12-28(20(29)19(16)10-18)13-23(21(30)26-22(31)27-23)17-6-3-14(4-7-17)15-2-1-9-25-11-15/h1-11H,12-13H2,(H2,26,27,30,31)/t23-/m0/s1. The maximum atomic E-state index is 13.6. The lowest BCUT2D eigenvalue weighted by Gasteiger charge is -2.31. The number of urea groups is 1. The molecule has 31 heavy (non-hydrogen) atoms. The summed E-state index contributed by atoms with van der Waals surface area (Å²) >= 11 is 0. The minimum Gasteiger partial charge on any atom is -0.331 e. The molecule has 0 radical (unpaired) electrons. The number of halogens is 1. The number of pyridine rings is 1. The molecule has 0 spiro atoms. The number of imide groups is 1. The van der Waals surface area contributed by atoms with Crippen LogP contribution in [0.2, 0.25) is 0 Å². The quantitative estimate of drug-likeness (QED) is 0.640. The minimum absolute atomic E-state index is 0.0774. The number of fused-ring (bicyclic) bond motifs is 1. The molecule has 5 rings (SSSR count). The molecule has 3 heterocycles. The molecule has 0 aliphatic carbocycles. The first-order chi connectivity index (χ1) is 15.0. The minimum atomic E-state index is -1.44. The van der Waals surface area contributed by atoms with Gasteiger partial charge in [-0.3, -0.25) is 19.9 Å². The molecule has 0 unspecified atom stereocenters. The molecule has 1 atom stereocenters. The molecule has 8 heteroatoms. The molecule has 0 bridgehead atoms. The number of carbonyl (C=O) groups excluding carboxylic acids is 3. The number of hydrogen-bond donors (Lipinski definition) is 2. The van der Waals surface area contributed by atoms with Gasteiger partial charge in [0.1, 0.15) is 5.82 Å². The van der Waals surface area contributed by atoms with E-state index in [4.69, 9.17) is 0 Å². The van der Waals surface area contributed by atoms with Gasteiger partial charge in [0.2, 0.25) is 0 Å². The Kier molecular flexibility index (Phi) is 4.28. The molecule has 2 aliphatic heterocycles. The van der Waals surface area contributed by atoms with Gasteiger partial charge in [0.25, 0.3) is 11.8 Å². The monoisotopic (exact) mass is 416 g/mol. The number of hydrogen-bond acceptors (Lipinski definition) is 4. The molecule has 0 saturated carbocycles. The van der Waals surface area contributed by atoms with Crippen LogP contribution in [0.3, 0.4) is 0 Å². The lowest BCUT2D eigenvalue weighted by molar-refractivity contribution is -0.124. The van der Waals surface area contributed by atoms with Crippen molar-refractivity contribution in [3.05, 3.63) is 89.5 Å². The second-order valence-electron chi connectivity index (χ2n) is 7.60. The molecule has 2 aliphatic rings. The van der Waals surface area contributed by atoms with Gasteiger partial charge in [-0.1, -0.05) is 36.4 Å². The summed E-state index contributed by atoms with van der Waals surface area (Å²) in [5.41, 5.74) is 1.86. The zero-order chi connectivity index (χ0) is 21.6. The summed E-state index contributed by atoms with van der Waals surface area (Å²) in [6.07, 6.45) is 3.41. The van der Waals surface area contributed by atoms with Gasteiger partial charge in [0.15, 0.2) is 5.54 Å². The van der Waals surface area contributed by atoms with Crippen molar-refractivity contribution >= 4 is 17.8 Å². The van der Waals surface area contributed by atoms with Gasteiger partial charge >= 0.3 is 6.03 Å². The van der Waals surface area contributed by atoms with Gasteiger partial charge in [-0.2, -0.15) is 0 Å². The number of carbonyl (C=O) groups is 3. The number of nitrogens with one attached hydrogen (secondary N) is 2. The first-order valence-corrected chi connectivity index (χ1v) is 9.68. The Morgan fingerprint density at radius 2 is 1.84 bits per heavy atom. The van der Waals surface area contributed by atoms with E-state index in [1.165, 1.54) is 17.0 Å². The fraction of sp³-hybridized carbons (Fsp3) is 0.130. The van der Waals surface area contributed by atoms with Gasteiger partial charge in [-0.15, -0.1) is 0 Å². The van der Waals surface area contributed by atoms with E-state index < -0.39 is 23.3 Å². The second-order valence-corrected chi connectivity index (χ2v) is 7.60. The van der Waals surface area contributed by atoms with Crippen molar-refractivity contribution in [1.29, 1.82) is 0 Å². The molecular formula is C23H17FN4O3. The Hall–Kier alpha value is -4.07. The summed E-state index contributed by atoms with van der Waals surface area (Å²) in [7, 11) is 0. The average molecular weight is 416 g/mol. The zero-order valence-electron chi connectivity index (χ0n) is 16.3. The normalized spacial score (nSPS) is 19.9. The number of benzene rings is 2. The van der Waals surface area contributed by atoms with Crippen LogP contribution in [0.4, 0.5) is 9.18 Å². The predicted octanol–water partition coefficient (Wildman–Crippen LogP) is 2.58. The average Bonchev–Trinajstić information content (AvgIpc) is 3.24. The Labute approximate surface area is 176 Å². The van der Waals surface area contributed by atoms with Crippen LogP contribution in [0.1, 0.15) is 21.5 Å². The third-order valence-corrected chi connectivity index (χ3v) is 5.69. The highest BCUT2D eigenvalue weighted by Gasteiger charge is 2.50. The lowest BCUT2D eigenvalue weighted by atomic mass is 9.88. The van der Waals surface area contributed by atoms with E-state index in [0.29, 0.717) is 11.1 Å². The smallest absolute Gasteiger partial charge is 0.322 e. The van der Waals surface area contributed by atoms with Crippen molar-refractivity contribution in [2.75, 3.05) is 6.54 Å². The first kappa shape index (κ1) is 18.9. The highest BCUT2D eigenvalue weighted by atomic mass is 19.1. The van der Waals surface area contributed by atoms with E-state index in [0.717, 1.165) is 11.1 Å². The summed E-state index contributed by atoms with van der Waals surface area (Å²) in [5.74, 6) is -1.42. The molecule has 2 N–H and O–H groups in total. The largest absolute Gasteiger partial charge is 0.331 e. The predicted molar refractivity (Wildman–Crippen MR) is 109 cm³/mol. The first-order valence-electron chi connectivity index (χ1n) is 9.68. The maximum absolute atomic E-state index is 13.6. The van der Waals surface area contributed by atoms with Crippen molar-refractivity contribution in [3.8, 4) is 11.1 Å². The third kappa shape index (κ3) is 3.13. The van der Waals surface area contributed by atoms with Gasteiger partial charge in [-0.05, 0) is 40.5 Å². The summed E-state index contributed by atoms with van der Waals surface area (Å²) < 4.78 is 13.6. The molecule has 2 aromatic carbocycles. The van der Waals surface area contributed by atoms with Crippen LogP contribution in [0.25, 0.3) is 11.1 Å². The van der Waals surface area contributed by atoms with Crippen molar-refractivity contribution in [2.24, 2.45) is 0 Å². The van der Waals surface area contributed by atoms with E-state index >= 15 is 0 Å². The summed E-state index contributed by atoms with van der Waals surface area (Å²) in [4.78, 5) is 43.3. The Balaban J connectivity index is 1.49. The SMILES string of the molecule is O=C1NC(=O)[C@](CN2Cc3ccc(F)cc3C2=O)(c2ccc(-c3cccnc3)cc2)N1. The Morgan fingerprint density at radius 1 is 1.03 bits per heavy atom. The zero-order valence-corrected chi connectivity index (χ0v) is 16.3. The van der Waals surface area contributed by atoms with Crippen LogP contribution in [-0.4, -0.2) is 34.3 Å². The van der Waals surface area contributed by atoms with E-state index in [1.54, 1.807) is 30.6 Å². The van der Waals surface area contributed by atoms with Crippen LogP contribution in [0.5, 0.6) is 0 Å². The van der Waals surface area contributed by atoms with Crippen LogP contribution in [0.15, 0.2) is 67.0 Å². The number of aromatic nitrogens is 1. The molecule has 1 fully saturated rings. The van der Waals surface area contributed by atoms with Crippen molar-refractivity contribution in [1.82, 2.24) is 20.5 Å². The van der Waals surface area contributed by atoms with E-state index in [1.807, 2.05) is 24.3 Å². The third-order valence-electron chi connectivity index (χ3n) is 5.69. The summed E-state index contributed by atoms with van der Waals surface area (Å²) in [6, 6.07) is 14.3. The van der Waals surface area contributed by atoms with Gasteiger partial charge in [-0.25, -0.2) is 9.18 Å². The van der Waals surface area contributed by atoms with E-state index in [-0.39, 0.29) is 24.6 Å². The lowest BCUT2D eigenvalue weighted by Crippen LogP contribution is -2.52. The number of nitrogens with zero attached hydrogens (tertiary/aromatic N) is 2. The molecule has 4 amide bonds. The highest BCUT2D eigenvalue weighted by molar-refractivity contribution is 6.08. The van der Waals surface area contributed by atoms with Crippen molar-refractivity contribution in [2.45, 2.75) is 12.1 Å².